The molecule has 1 aromatic rings. The Kier molecular flexibility index (Phi) is 7.64. The van der Waals surface area contributed by atoms with Gasteiger partial charge in [-0.25, -0.2) is 0 Å². The second kappa shape index (κ2) is 9.30. The third kappa shape index (κ3) is 6.01. The molecule has 0 saturated carbocycles. The van der Waals surface area contributed by atoms with Crippen LogP contribution in [0, 0.1) is 0 Å². The molecule has 20 heavy (non-hydrogen) atoms. The van der Waals surface area contributed by atoms with Crippen LogP contribution >= 0.6 is 0 Å². The summed E-state index contributed by atoms with van der Waals surface area (Å²) in [4.78, 5) is 11.6. The van der Waals surface area contributed by atoms with Crippen LogP contribution in [-0.4, -0.2) is 46.0 Å². The molecule has 1 rings (SSSR count). The number of carbonyl (C=O) groups is 1. The van der Waals surface area contributed by atoms with Gasteiger partial charge in [-0.15, -0.1) is 0 Å². The molecule has 0 saturated heterocycles. The Labute approximate surface area is 119 Å². The van der Waals surface area contributed by atoms with Gasteiger partial charge in [0.2, 0.25) is 0 Å². The van der Waals surface area contributed by atoms with E-state index in [1.54, 1.807) is 26.4 Å². The Morgan fingerprint density at radius 1 is 1.30 bits per heavy atom. The van der Waals surface area contributed by atoms with Crippen LogP contribution in [0.4, 0.5) is 0 Å². The third-order valence-electron chi connectivity index (χ3n) is 2.74. The zero-order chi connectivity index (χ0) is 14.8. The van der Waals surface area contributed by atoms with Crippen LogP contribution in [0.15, 0.2) is 24.3 Å². The summed E-state index contributed by atoms with van der Waals surface area (Å²) >= 11 is 0. The summed E-state index contributed by atoms with van der Waals surface area (Å²) in [6, 6.07) is 7.32. The van der Waals surface area contributed by atoms with Crippen LogP contribution in [0.5, 0.6) is 5.75 Å². The van der Waals surface area contributed by atoms with E-state index in [-0.39, 0.29) is 18.6 Å². The van der Waals surface area contributed by atoms with Crippen molar-refractivity contribution in [3.63, 3.8) is 0 Å². The van der Waals surface area contributed by atoms with E-state index in [4.69, 9.17) is 19.9 Å². The highest BCUT2D eigenvalue weighted by molar-refractivity contribution is 5.77. The summed E-state index contributed by atoms with van der Waals surface area (Å²) in [5.41, 5.74) is 6.52. The van der Waals surface area contributed by atoms with Crippen molar-refractivity contribution in [1.82, 2.24) is 5.32 Å². The van der Waals surface area contributed by atoms with Crippen molar-refractivity contribution in [3.8, 4) is 5.75 Å². The Balaban J connectivity index is 2.28. The molecule has 0 spiro atoms. The van der Waals surface area contributed by atoms with E-state index in [9.17, 15) is 4.79 Å². The van der Waals surface area contributed by atoms with Crippen molar-refractivity contribution >= 4 is 5.91 Å². The molecule has 0 radical (unpaired) electrons. The van der Waals surface area contributed by atoms with Crippen molar-refractivity contribution in [1.29, 1.82) is 0 Å². The van der Waals surface area contributed by atoms with E-state index < -0.39 is 0 Å². The third-order valence-corrected chi connectivity index (χ3v) is 2.74. The number of nitrogens with two attached hydrogens (primary N) is 1. The zero-order valence-electron chi connectivity index (χ0n) is 11.9. The summed E-state index contributed by atoms with van der Waals surface area (Å²) in [7, 11) is 3.16. The first-order valence-electron chi connectivity index (χ1n) is 6.39. The number of ether oxygens (including phenoxy) is 3. The number of methoxy groups -OCH3 is 2. The van der Waals surface area contributed by atoms with E-state index in [1.165, 1.54) is 0 Å². The molecule has 0 bridgehead atoms. The highest BCUT2D eigenvalue weighted by atomic mass is 16.5. The lowest BCUT2D eigenvalue weighted by atomic mass is 10.2. The fourth-order valence-electron chi connectivity index (χ4n) is 1.55. The Morgan fingerprint density at radius 3 is 2.55 bits per heavy atom. The molecule has 0 aromatic heterocycles. The molecule has 1 unspecified atom stereocenters. The van der Waals surface area contributed by atoms with Gasteiger partial charge in [0.15, 0.2) is 6.61 Å². The van der Waals surface area contributed by atoms with Crippen LogP contribution in [0.3, 0.4) is 0 Å². The average Bonchev–Trinajstić information content (AvgIpc) is 2.49. The van der Waals surface area contributed by atoms with Gasteiger partial charge in [0.25, 0.3) is 5.91 Å². The van der Waals surface area contributed by atoms with Gasteiger partial charge >= 0.3 is 0 Å². The second-order valence-electron chi connectivity index (χ2n) is 4.25. The van der Waals surface area contributed by atoms with Gasteiger partial charge in [-0.2, -0.15) is 0 Å². The van der Waals surface area contributed by atoms with E-state index in [0.29, 0.717) is 25.4 Å². The Bertz CT molecular complexity index is 395. The maximum atomic E-state index is 11.6. The van der Waals surface area contributed by atoms with Crippen LogP contribution < -0.4 is 15.8 Å². The topological polar surface area (TPSA) is 82.8 Å². The molecule has 6 heteroatoms. The molecule has 112 valence electrons. The van der Waals surface area contributed by atoms with E-state index >= 15 is 0 Å². The molecule has 0 heterocycles. The summed E-state index contributed by atoms with van der Waals surface area (Å²) in [5, 5.41) is 2.72. The lowest BCUT2D eigenvalue weighted by Crippen LogP contribution is -2.37. The quantitative estimate of drug-likeness (QED) is 0.681. The van der Waals surface area contributed by atoms with Crippen molar-refractivity contribution < 1.29 is 19.0 Å². The molecule has 3 N–H and O–H groups in total. The van der Waals surface area contributed by atoms with E-state index in [2.05, 4.69) is 5.32 Å². The molecule has 6 nitrogen and oxygen atoms in total. The standard InChI is InChI=1S/C14H22N2O4/c1-18-9-13(19-2)8-16-14(17)10-20-12-5-3-11(7-15)4-6-12/h3-6,13H,7-10,15H2,1-2H3,(H,16,17). The Hall–Kier alpha value is -1.63. The fraction of sp³-hybridized carbons (Fsp3) is 0.500. The van der Waals surface area contributed by atoms with Gasteiger partial charge in [0, 0.05) is 27.3 Å². The second-order valence-corrected chi connectivity index (χ2v) is 4.25. The fourth-order valence-corrected chi connectivity index (χ4v) is 1.55. The van der Waals surface area contributed by atoms with E-state index in [0.717, 1.165) is 5.56 Å². The smallest absolute Gasteiger partial charge is 0.258 e. The molecule has 0 aliphatic heterocycles. The lowest BCUT2D eigenvalue weighted by Gasteiger charge is -2.15. The van der Waals surface area contributed by atoms with Crippen LogP contribution in [0.25, 0.3) is 0 Å². The van der Waals surface area contributed by atoms with Crippen molar-refractivity contribution in [2.45, 2.75) is 12.6 Å². The maximum absolute atomic E-state index is 11.6. The molecule has 0 fully saturated rings. The minimum Gasteiger partial charge on any atom is -0.484 e. The normalized spacial score (nSPS) is 11.9. The lowest BCUT2D eigenvalue weighted by molar-refractivity contribution is -0.123. The largest absolute Gasteiger partial charge is 0.484 e. The summed E-state index contributed by atoms with van der Waals surface area (Å²) in [6.45, 7) is 1.26. The Morgan fingerprint density at radius 2 is 2.00 bits per heavy atom. The van der Waals surface area contributed by atoms with Gasteiger partial charge in [0.1, 0.15) is 5.75 Å². The van der Waals surface area contributed by atoms with E-state index in [1.807, 2.05) is 12.1 Å². The van der Waals surface area contributed by atoms with Crippen LogP contribution in [0.2, 0.25) is 0 Å². The minimum absolute atomic E-state index is 0.0363. The van der Waals surface area contributed by atoms with Gasteiger partial charge in [-0.3, -0.25) is 4.79 Å². The highest BCUT2D eigenvalue weighted by Gasteiger charge is 2.09. The number of rotatable bonds is 9. The molecule has 1 aromatic carbocycles. The molecule has 1 amide bonds. The number of nitrogens with one attached hydrogen (secondary N) is 1. The molecule has 1 atom stereocenters. The number of hydrogen-bond donors (Lipinski definition) is 2. The number of carbonyl (C=O) groups excluding carboxylic acids is 1. The predicted molar refractivity (Wildman–Crippen MR) is 75.5 cm³/mol. The van der Waals surface area contributed by atoms with Gasteiger partial charge in [0.05, 0.1) is 12.7 Å². The minimum atomic E-state index is -0.203. The first-order valence-corrected chi connectivity index (χ1v) is 6.39. The zero-order valence-corrected chi connectivity index (χ0v) is 11.9. The SMILES string of the molecule is COCC(CNC(=O)COc1ccc(CN)cc1)OC. The van der Waals surface area contributed by atoms with Gasteiger partial charge in [-0.1, -0.05) is 12.1 Å². The maximum Gasteiger partial charge on any atom is 0.258 e. The highest BCUT2D eigenvalue weighted by Crippen LogP contribution is 2.11. The van der Waals surface area contributed by atoms with Gasteiger partial charge < -0.3 is 25.3 Å². The first-order chi connectivity index (χ1) is 9.69. The van der Waals surface area contributed by atoms with Gasteiger partial charge in [-0.05, 0) is 17.7 Å². The number of hydrogen-bond acceptors (Lipinski definition) is 5. The summed E-state index contributed by atoms with van der Waals surface area (Å²) in [5.74, 6) is 0.434. The molecular weight excluding hydrogens is 260 g/mol. The van der Waals surface area contributed by atoms with Crippen molar-refractivity contribution in [3.05, 3.63) is 29.8 Å². The van der Waals surface area contributed by atoms with Crippen molar-refractivity contribution in [2.75, 3.05) is 34.0 Å². The monoisotopic (exact) mass is 282 g/mol. The van der Waals surface area contributed by atoms with Crippen LogP contribution in [0.1, 0.15) is 5.56 Å². The number of amides is 1. The predicted octanol–water partition coefficient (Wildman–Crippen LogP) is 0.302. The number of benzene rings is 1. The first kappa shape index (κ1) is 16.4. The molecule has 0 aliphatic carbocycles. The molecule has 0 aliphatic rings. The molecular formula is C14H22N2O4. The average molecular weight is 282 g/mol. The summed E-state index contributed by atoms with van der Waals surface area (Å²) < 4.78 is 15.5. The van der Waals surface area contributed by atoms with Crippen LogP contribution in [-0.2, 0) is 20.8 Å². The van der Waals surface area contributed by atoms with Crippen molar-refractivity contribution in [2.24, 2.45) is 5.73 Å². The summed E-state index contributed by atoms with van der Waals surface area (Å²) in [6.07, 6.45) is -0.159.